The number of rotatable bonds is 9. The van der Waals surface area contributed by atoms with E-state index in [4.69, 9.17) is 32.9 Å². The minimum Gasteiger partial charge on any atom is -0.497 e. The number of hydrogen-bond acceptors (Lipinski definition) is 5. The average Bonchev–Trinajstić information content (AvgIpc) is 3.80. The third kappa shape index (κ3) is 5.50. The number of fused-ring (bicyclic) bond motifs is 1. The van der Waals surface area contributed by atoms with Crippen molar-refractivity contribution in [3.05, 3.63) is 147 Å². The molecule has 7 rings (SSSR count). The maximum absolute atomic E-state index is 14.2. The summed E-state index contributed by atoms with van der Waals surface area (Å²) in [5.74, 6) is 1.20. The van der Waals surface area contributed by atoms with Gasteiger partial charge in [-0.1, -0.05) is 59.6 Å². The topological polar surface area (TPSA) is 74.3 Å². The van der Waals surface area contributed by atoms with E-state index in [1.54, 1.807) is 31.8 Å². The molecule has 0 saturated heterocycles. The van der Waals surface area contributed by atoms with Crippen LogP contribution >= 0.6 is 23.2 Å². The molecule has 1 atom stereocenters. The first-order valence-electron chi connectivity index (χ1n) is 15.1. The highest BCUT2D eigenvalue weighted by molar-refractivity contribution is 6.31. The van der Waals surface area contributed by atoms with Crippen molar-refractivity contribution >= 4 is 40.3 Å². The molecule has 0 bridgehead atoms. The van der Waals surface area contributed by atoms with Gasteiger partial charge in [0.1, 0.15) is 10.9 Å². The molecule has 0 amide bonds. The number of nitrogens with zero attached hydrogens (tertiary/aromatic N) is 5. The van der Waals surface area contributed by atoms with Crippen molar-refractivity contribution in [3.8, 4) is 16.9 Å². The van der Waals surface area contributed by atoms with E-state index < -0.39 is 5.54 Å². The quantitative estimate of drug-likeness (QED) is 0.118. The third-order valence-corrected chi connectivity index (χ3v) is 9.11. The smallest absolute Gasteiger partial charge is 0.251 e. The van der Waals surface area contributed by atoms with E-state index in [-0.39, 0.29) is 5.56 Å². The second kappa shape index (κ2) is 12.2. The highest BCUT2D eigenvalue weighted by Gasteiger charge is 2.41. The minimum atomic E-state index is -1.17. The third-order valence-electron chi connectivity index (χ3n) is 8.65. The summed E-state index contributed by atoms with van der Waals surface area (Å²) in [4.78, 5) is 28.6. The minimum absolute atomic E-state index is 0.0749. The number of aliphatic imine (C=N–C) groups is 1. The largest absolute Gasteiger partial charge is 0.497 e. The normalized spacial score (nSPS) is 14.5. The summed E-state index contributed by atoms with van der Waals surface area (Å²) in [5, 5.41) is 1.89. The highest BCUT2D eigenvalue weighted by Crippen LogP contribution is 2.45. The molecular formula is C37H31Cl2N5O2. The van der Waals surface area contributed by atoms with Gasteiger partial charge in [-0.25, -0.2) is 9.97 Å². The van der Waals surface area contributed by atoms with Crippen LogP contribution in [-0.4, -0.2) is 32.4 Å². The lowest BCUT2D eigenvalue weighted by atomic mass is 9.79. The van der Waals surface area contributed by atoms with E-state index in [2.05, 4.69) is 22.1 Å². The molecule has 0 spiro atoms. The fourth-order valence-electron chi connectivity index (χ4n) is 6.18. The predicted octanol–water partition coefficient (Wildman–Crippen LogP) is 7.93. The molecule has 46 heavy (non-hydrogen) atoms. The fourth-order valence-corrected chi connectivity index (χ4v) is 6.48. The zero-order valence-electron chi connectivity index (χ0n) is 25.4. The van der Waals surface area contributed by atoms with Crippen molar-refractivity contribution in [3.63, 3.8) is 0 Å². The molecule has 0 aliphatic heterocycles. The van der Waals surface area contributed by atoms with Gasteiger partial charge in [-0.2, -0.15) is 0 Å². The van der Waals surface area contributed by atoms with Gasteiger partial charge in [0.15, 0.2) is 5.54 Å². The lowest BCUT2D eigenvalue weighted by Gasteiger charge is -2.33. The summed E-state index contributed by atoms with van der Waals surface area (Å²) in [6, 6.07) is 26.9. The molecule has 9 heteroatoms. The number of para-hydroxylation sites is 1. The van der Waals surface area contributed by atoms with Crippen LogP contribution in [0, 0.1) is 5.92 Å². The number of methoxy groups -OCH3 is 1. The number of aromatic nitrogens is 4. The Morgan fingerprint density at radius 2 is 1.80 bits per heavy atom. The predicted molar refractivity (Wildman–Crippen MR) is 184 cm³/mol. The monoisotopic (exact) mass is 647 g/mol. The standard InChI is InChI=1S/C37H31Cl2N5O2/c1-43-23-40-21-33(43)37(27-13-16-34(39)41-20-27,42-19-24-11-14-29(46-2)15-12-24)32-8-4-7-30-31(26-5-3-6-28(38)17-26)18-35(45)44(36(30)32)22-25-9-10-25/h3-8,11-21,23,25H,9-10,22H2,1-2H3/b42-19+. The van der Waals surface area contributed by atoms with E-state index in [9.17, 15) is 4.79 Å². The molecule has 0 radical (unpaired) electrons. The molecule has 1 aliphatic rings. The van der Waals surface area contributed by atoms with Crippen molar-refractivity contribution in [1.82, 2.24) is 19.1 Å². The number of halogens is 2. The summed E-state index contributed by atoms with van der Waals surface area (Å²) in [5.41, 5.74) is 4.51. The molecule has 1 fully saturated rings. The van der Waals surface area contributed by atoms with Crippen LogP contribution in [0.3, 0.4) is 0 Å². The maximum Gasteiger partial charge on any atom is 0.251 e. The second-order valence-electron chi connectivity index (χ2n) is 11.7. The summed E-state index contributed by atoms with van der Waals surface area (Å²) >= 11 is 12.8. The van der Waals surface area contributed by atoms with Crippen LogP contribution in [0.15, 0.2) is 113 Å². The molecule has 230 valence electrons. The average molecular weight is 649 g/mol. The van der Waals surface area contributed by atoms with Crippen molar-refractivity contribution in [2.24, 2.45) is 18.0 Å². The molecular weight excluding hydrogens is 617 g/mol. The summed E-state index contributed by atoms with van der Waals surface area (Å²) in [6.45, 7) is 0.616. The Bertz CT molecular complexity index is 2130. The van der Waals surface area contributed by atoms with E-state index in [1.807, 2.05) is 89.3 Å². The van der Waals surface area contributed by atoms with Crippen LogP contribution in [0.4, 0.5) is 0 Å². The van der Waals surface area contributed by atoms with Gasteiger partial charge >= 0.3 is 0 Å². The first-order valence-corrected chi connectivity index (χ1v) is 15.8. The van der Waals surface area contributed by atoms with Crippen LogP contribution in [0.5, 0.6) is 5.75 Å². The fraction of sp³-hybridized carbons (Fsp3) is 0.189. The number of aryl methyl sites for hydroxylation is 1. The van der Waals surface area contributed by atoms with Gasteiger partial charge in [-0.3, -0.25) is 9.79 Å². The van der Waals surface area contributed by atoms with Gasteiger partial charge < -0.3 is 13.9 Å². The SMILES string of the molecule is COc1ccc(/C=N/C(c2ccc(Cl)nc2)(c2cccc3c(-c4cccc(Cl)c4)cc(=O)n(CC4CC4)c23)c2cncn2C)cc1. The lowest BCUT2D eigenvalue weighted by Crippen LogP contribution is -2.32. The first kappa shape index (κ1) is 30.0. The number of pyridine rings is 2. The summed E-state index contributed by atoms with van der Waals surface area (Å²) in [6.07, 6.45) is 9.37. The number of benzene rings is 3. The van der Waals surface area contributed by atoms with E-state index >= 15 is 0 Å². The number of ether oxygens (including phenoxy) is 1. The zero-order chi connectivity index (χ0) is 31.8. The van der Waals surface area contributed by atoms with Crippen LogP contribution in [0.2, 0.25) is 10.2 Å². The Kier molecular flexibility index (Phi) is 7.97. The van der Waals surface area contributed by atoms with Crippen molar-refractivity contribution < 1.29 is 4.74 Å². The van der Waals surface area contributed by atoms with Gasteiger partial charge in [0.05, 0.1) is 30.8 Å². The van der Waals surface area contributed by atoms with Crippen molar-refractivity contribution in [2.75, 3.05) is 7.11 Å². The van der Waals surface area contributed by atoms with Crippen LogP contribution in [0.25, 0.3) is 22.0 Å². The molecule has 3 aromatic carbocycles. The van der Waals surface area contributed by atoms with E-state index in [0.29, 0.717) is 22.6 Å². The Balaban J connectivity index is 1.61. The zero-order valence-corrected chi connectivity index (χ0v) is 26.9. The van der Waals surface area contributed by atoms with E-state index in [1.165, 1.54) is 0 Å². The summed E-state index contributed by atoms with van der Waals surface area (Å²) < 4.78 is 9.27. The van der Waals surface area contributed by atoms with Gasteiger partial charge in [0.2, 0.25) is 0 Å². The molecule has 7 nitrogen and oxygen atoms in total. The Hall–Kier alpha value is -4.72. The van der Waals surface area contributed by atoms with Gasteiger partial charge in [0.25, 0.3) is 5.56 Å². The molecule has 6 aromatic rings. The molecule has 1 aliphatic carbocycles. The van der Waals surface area contributed by atoms with Crippen LogP contribution in [-0.2, 0) is 19.1 Å². The first-order chi connectivity index (χ1) is 22.4. The van der Waals surface area contributed by atoms with Crippen LogP contribution < -0.4 is 10.3 Å². The lowest BCUT2D eigenvalue weighted by molar-refractivity contribution is 0.415. The molecule has 3 aromatic heterocycles. The Morgan fingerprint density at radius 3 is 2.48 bits per heavy atom. The second-order valence-corrected chi connectivity index (χ2v) is 12.5. The van der Waals surface area contributed by atoms with Crippen molar-refractivity contribution in [2.45, 2.75) is 24.9 Å². The molecule has 3 heterocycles. The molecule has 1 unspecified atom stereocenters. The van der Waals surface area contributed by atoms with Crippen LogP contribution in [0.1, 0.15) is 35.2 Å². The maximum atomic E-state index is 14.2. The van der Waals surface area contributed by atoms with Gasteiger partial charge in [-0.15, -0.1) is 0 Å². The van der Waals surface area contributed by atoms with E-state index in [0.717, 1.165) is 63.0 Å². The summed E-state index contributed by atoms with van der Waals surface area (Å²) in [7, 11) is 3.59. The molecule has 1 saturated carbocycles. The van der Waals surface area contributed by atoms with Gasteiger partial charge in [0, 0.05) is 53.6 Å². The number of imidazole rings is 1. The number of hydrogen-bond donors (Lipinski definition) is 0. The highest BCUT2D eigenvalue weighted by atomic mass is 35.5. The Morgan fingerprint density at radius 1 is 1.00 bits per heavy atom. The van der Waals surface area contributed by atoms with Crippen molar-refractivity contribution in [1.29, 1.82) is 0 Å². The Labute approximate surface area is 276 Å². The van der Waals surface area contributed by atoms with Gasteiger partial charge in [-0.05, 0) is 77.9 Å². The molecule has 0 N–H and O–H groups in total.